The Morgan fingerprint density at radius 2 is 2.46 bits per heavy atom. The van der Waals surface area contributed by atoms with Crippen molar-refractivity contribution in [2.45, 2.75) is 25.8 Å². The fraction of sp³-hybridized carbons (Fsp3) is 0.889. The smallest absolute Gasteiger partial charge is 0.317 e. The van der Waals surface area contributed by atoms with Gasteiger partial charge in [0.15, 0.2) is 0 Å². The molecule has 0 aromatic carbocycles. The summed E-state index contributed by atoms with van der Waals surface area (Å²) in [4.78, 5) is 12.6. The number of nitrogens with zero attached hydrogens (tertiary/aromatic N) is 1. The molecule has 1 fully saturated rings. The van der Waals surface area contributed by atoms with E-state index in [9.17, 15) is 4.79 Å². The van der Waals surface area contributed by atoms with Crippen molar-refractivity contribution in [1.29, 1.82) is 0 Å². The Hall–Kier alpha value is -0.610. The third-order valence-corrected chi connectivity index (χ3v) is 2.54. The zero-order valence-electron chi connectivity index (χ0n) is 8.12. The first-order valence-corrected chi connectivity index (χ1v) is 4.86. The third kappa shape index (κ3) is 3.74. The van der Waals surface area contributed by atoms with E-state index < -0.39 is 5.97 Å². The van der Waals surface area contributed by atoms with E-state index in [1.807, 2.05) is 0 Å². The maximum absolute atomic E-state index is 10.2. The van der Waals surface area contributed by atoms with Crippen molar-refractivity contribution >= 4 is 5.97 Å². The minimum absolute atomic E-state index is 0.0716. The van der Waals surface area contributed by atoms with Gasteiger partial charge < -0.3 is 10.4 Å². The van der Waals surface area contributed by atoms with E-state index >= 15 is 0 Å². The fourth-order valence-corrected chi connectivity index (χ4v) is 1.74. The van der Waals surface area contributed by atoms with Gasteiger partial charge >= 0.3 is 5.97 Å². The van der Waals surface area contributed by atoms with E-state index in [1.165, 1.54) is 12.8 Å². The van der Waals surface area contributed by atoms with Gasteiger partial charge in [0.05, 0.1) is 6.54 Å². The van der Waals surface area contributed by atoms with Crippen LogP contribution >= 0.6 is 0 Å². The molecule has 1 aliphatic heterocycles. The first kappa shape index (κ1) is 10.5. The highest BCUT2D eigenvalue weighted by atomic mass is 16.4. The SMILES string of the molecule is CC1CCCN1CCNCC(=O)O. The number of carbonyl (C=O) groups is 1. The Labute approximate surface area is 78.9 Å². The standard InChI is InChI=1S/C9H18N2O2/c1-8-3-2-5-11(8)6-4-10-7-9(12)13/h8,10H,2-7H2,1H3,(H,12,13). The van der Waals surface area contributed by atoms with Crippen LogP contribution in [-0.4, -0.2) is 48.2 Å². The molecule has 1 rings (SSSR count). The molecule has 0 aromatic rings. The highest BCUT2D eigenvalue weighted by Gasteiger charge is 2.18. The average Bonchev–Trinajstić information content (AvgIpc) is 2.45. The number of nitrogens with one attached hydrogen (secondary N) is 1. The molecule has 0 bridgehead atoms. The summed E-state index contributed by atoms with van der Waals surface area (Å²) in [6, 6.07) is 0.673. The van der Waals surface area contributed by atoms with Crippen LogP contribution in [0.25, 0.3) is 0 Å². The summed E-state index contributed by atoms with van der Waals surface area (Å²) in [5.41, 5.74) is 0. The topological polar surface area (TPSA) is 52.6 Å². The van der Waals surface area contributed by atoms with Gasteiger partial charge in [0.2, 0.25) is 0 Å². The summed E-state index contributed by atoms with van der Waals surface area (Å²) < 4.78 is 0. The van der Waals surface area contributed by atoms with E-state index in [0.717, 1.165) is 19.6 Å². The molecule has 0 spiro atoms. The normalized spacial score (nSPS) is 23.6. The highest BCUT2D eigenvalue weighted by Crippen LogP contribution is 2.14. The van der Waals surface area contributed by atoms with Crippen molar-refractivity contribution in [1.82, 2.24) is 10.2 Å². The monoisotopic (exact) mass is 186 g/mol. The molecule has 1 unspecified atom stereocenters. The largest absolute Gasteiger partial charge is 0.480 e. The first-order chi connectivity index (χ1) is 6.20. The molecule has 0 saturated carbocycles. The van der Waals surface area contributed by atoms with Gasteiger partial charge in [-0.05, 0) is 26.3 Å². The first-order valence-electron chi connectivity index (χ1n) is 4.86. The molecular formula is C9H18N2O2. The van der Waals surface area contributed by atoms with Crippen LogP contribution in [0, 0.1) is 0 Å². The number of rotatable bonds is 5. The van der Waals surface area contributed by atoms with Gasteiger partial charge in [-0.15, -0.1) is 0 Å². The molecule has 1 atom stereocenters. The number of likely N-dealkylation sites (tertiary alicyclic amines) is 1. The number of carboxylic acid groups (broad SMARTS) is 1. The van der Waals surface area contributed by atoms with Crippen LogP contribution in [0.3, 0.4) is 0 Å². The van der Waals surface area contributed by atoms with Gasteiger partial charge in [-0.2, -0.15) is 0 Å². The second kappa shape index (κ2) is 5.19. The van der Waals surface area contributed by atoms with Gasteiger partial charge in [-0.25, -0.2) is 0 Å². The lowest BCUT2D eigenvalue weighted by molar-refractivity contribution is -0.135. The minimum atomic E-state index is -0.783. The summed E-state index contributed by atoms with van der Waals surface area (Å²) in [5, 5.41) is 11.3. The molecule has 0 aromatic heterocycles. The molecule has 0 radical (unpaired) electrons. The molecule has 1 aliphatic rings. The van der Waals surface area contributed by atoms with E-state index in [0.29, 0.717) is 6.04 Å². The molecule has 13 heavy (non-hydrogen) atoms. The predicted molar refractivity (Wildman–Crippen MR) is 50.8 cm³/mol. The van der Waals surface area contributed by atoms with E-state index in [1.54, 1.807) is 0 Å². The number of aliphatic carboxylic acids is 1. The van der Waals surface area contributed by atoms with Crippen molar-refractivity contribution in [3.8, 4) is 0 Å². The van der Waals surface area contributed by atoms with Gasteiger partial charge in [0, 0.05) is 19.1 Å². The molecule has 0 amide bonds. The van der Waals surface area contributed by atoms with Gasteiger partial charge in [-0.1, -0.05) is 0 Å². The summed E-state index contributed by atoms with van der Waals surface area (Å²) >= 11 is 0. The van der Waals surface area contributed by atoms with Gasteiger partial charge in [-0.3, -0.25) is 9.69 Å². The third-order valence-electron chi connectivity index (χ3n) is 2.54. The molecule has 1 heterocycles. The minimum Gasteiger partial charge on any atom is -0.480 e. The zero-order chi connectivity index (χ0) is 9.68. The molecule has 76 valence electrons. The second-order valence-electron chi connectivity index (χ2n) is 3.60. The molecule has 0 aliphatic carbocycles. The Bertz CT molecular complexity index is 173. The zero-order valence-corrected chi connectivity index (χ0v) is 8.12. The lowest BCUT2D eigenvalue weighted by Crippen LogP contribution is -2.35. The van der Waals surface area contributed by atoms with E-state index in [-0.39, 0.29) is 6.54 Å². The Kier molecular flexibility index (Phi) is 4.18. The van der Waals surface area contributed by atoms with Crippen LogP contribution in [-0.2, 0) is 4.79 Å². The van der Waals surface area contributed by atoms with Crippen molar-refractivity contribution in [2.24, 2.45) is 0 Å². The molecule has 2 N–H and O–H groups in total. The van der Waals surface area contributed by atoms with Crippen molar-refractivity contribution in [3.63, 3.8) is 0 Å². The summed E-state index contributed by atoms with van der Waals surface area (Å²) in [5.74, 6) is -0.783. The van der Waals surface area contributed by atoms with E-state index in [4.69, 9.17) is 5.11 Å². The Morgan fingerprint density at radius 3 is 3.00 bits per heavy atom. The highest BCUT2D eigenvalue weighted by molar-refractivity contribution is 5.68. The number of carboxylic acids is 1. The second-order valence-corrected chi connectivity index (χ2v) is 3.60. The summed E-state index contributed by atoms with van der Waals surface area (Å²) in [7, 11) is 0. The number of hydrogen-bond donors (Lipinski definition) is 2. The molecular weight excluding hydrogens is 168 g/mol. The number of hydrogen-bond acceptors (Lipinski definition) is 3. The van der Waals surface area contributed by atoms with Crippen LogP contribution in [0.15, 0.2) is 0 Å². The average molecular weight is 186 g/mol. The van der Waals surface area contributed by atoms with Gasteiger partial charge in [0.25, 0.3) is 0 Å². The lowest BCUT2D eigenvalue weighted by Gasteiger charge is -2.20. The summed E-state index contributed by atoms with van der Waals surface area (Å²) in [6.45, 7) is 5.20. The van der Waals surface area contributed by atoms with E-state index in [2.05, 4.69) is 17.1 Å². The van der Waals surface area contributed by atoms with Crippen LogP contribution in [0.2, 0.25) is 0 Å². The Balaban J connectivity index is 2.02. The van der Waals surface area contributed by atoms with Crippen molar-refractivity contribution < 1.29 is 9.90 Å². The quantitative estimate of drug-likeness (QED) is 0.600. The molecule has 4 heteroatoms. The van der Waals surface area contributed by atoms with Crippen LogP contribution in [0.5, 0.6) is 0 Å². The maximum Gasteiger partial charge on any atom is 0.317 e. The molecule has 4 nitrogen and oxygen atoms in total. The Morgan fingerprint density at radius 1 is 1.69 bits per heavy atom. The van der Waals surface area contributed by atoms with Crippen molar-refractivity contribution in [3.05, 3.63) is 0 Å². The predicted octanol–water partition coefficient (Wildman–Crippen LogP) is 0.145. The molecule has 1 saturated heterocycles. The fourth-order valence-electron chi connectivity index (χ4n) is 1.74. The van der Waals surface area contributed by atoms with Crippen LogP contribution in [0.1, 0.15) is 19.8 Å². The van der Waals surface area contributed by atoms with Crippen molar-refractivity contribution in [2.75, 3.05) is 26.2 Å². The summed E-state index contributed by atoms with van der Waals surface area (Å²) in [6.07, 6.45) is 2.55. The maximum atomic E-state index is 10.2. The van der Waals surface area contributed by atoms with Crippen LogP contribution in [0.4, 0.5) is 0 Å². The van der Waals surface area contributed by atoms with Crippen LogP contribution < -0.4 is 5.32 Å². The lowest BCUT2D eigenvalue weighted by atomic mass is 10.2. The van der Waals surface area contributed by atoms with Gasteiger partial charge in [0.1, 0.15) is 0 Å².